The van der Waals surface area contributed by atoms with Crippen LogP contribution in [0.3, 0.4) is 0 Å². The Bertz CT molecular complexity index is 889. The zero-order valence-electron chi connectivity index (χ0n) is 14.4. The molecule has 1 aliphatic heterocycles. The van der Waals surface area contributed by atoms with Gasteiger partial charge in [0.2, 0.25) is 0 Å². The van der Waals surface area contributed by atoms with Gasteiger partial charge in [-0.25, -0.2) is 0 Å². The monoisotopic (exact) mass is 348 g/mol. The summed E-state index contributed by atoms with van der Waals surface area (Å²) in [5, 5.41) is 1.36. The predicted octanol–water partition coefficient (Wildman–Crippen LogP) is 2.49. The van der Waals surface area contributed by atoms with Crippen molar-refractivity contribution in [3.05, 3.63) is 35.5 Å². The molecule has 2 aliphatic rings. The molecule has 1 saturated heterocycles. The summed E-state index contributed by atoms with van der Waals surface area (Å²) in [6, 6.07) is 6.93. The third-order valence-corrected chi connectivity index (χ3v) is 6.19. The van der Waals surface area contributed by atoms with E-state index in [0.717, 1.165) is 25.6 Å². The summed E-state index contributed by atoms with van der Waals surface area (Å²) >= 11 is 0. The highest BCUT2D eigenvalue weighted by molar-refractivity contribution is 7.85. The van der Waals surface area contributed by atoms with E-state index in [1.807, 2.05) is 0 Å². The van der Waals surface area contributed by atoms with Gasteiger partial charge in [0.05, 0.1) is 12.9 Å². The second kappa shape index (κ2) is 5.31. The average molecular weight is 348 g/mol. The van der Waals surface area contributed by atoms with Crippen molar-refractivity contribution in [3.63, 3.8) is 0 Å². The van der Waals surface area contributed by atoms with E-state index in [-0.39, 0.29) is 12.0 Å². The fourth-order valence-electron chi connectivity index (χ4n) is 4.71. The maximum Gasteiger partial charge on any atom is 0.264 e. The minimum absolute atomic E-state index is 0.172. The van der Waals surface area contributed by atoms with Crippen LogP contribution in [0.25, 0.3) is 10.9 Å². The number of H-pyrrole nitrogens is 1. The number of nitrogens with zero attached hydrogens (tertiary/aromatic N) is 1. The van der Waals surface area contributed by atoms with Gasteiger partial charge in [-0.2, -0.15) is 8.42 Å². The number of hydrogen-bond donors (Lipinski definition) is 1. The van der Waals surface area contributed by atoms with Crippen LogP contribution in [-0.2, 0) is 20.7 Å². The molecule has 3 atom stereocenters. The number of nitrogens with one attached hydrogen (secondary N) is 1. The van der Waals surface area contributed by atoms with Crippen molar-refractivity contribution in [2.75, 3.05) is 26.5 Å². The highest BCUT2D eigenvalue weighted by Crippen LogP contribution is 2.47. The van der Waals surface area contributed by atoms with Gasteiger partial charge in [0, 0.05) is 41.0 Å². The van der Waals surface area contributed by atoms with Crippen LogP contribution in [0.5, 0.6) is 0 Å². The fourth-order valence-corrected chi connectivity index (χ4v) is 5.21. The maximum atomic E-state index is 11.4. The summed E-state index contributed by atoms with van der Waals surface area (Å²) in [7, 11) is -1.27. The van der Waals surface area contributed by atoms with Gasteiger partial charge >= 0.3 is 0 Å². The number of likely N-dealkylation sites (tertiary alicyclic amines) is 1. The third kappa shape index (κ3) is 2.66. The Labute approximate surface area is 143 Å². The van der Waals surface area contributed by atoms with Crippen molar-refractivity contribution < 1.29 is 12.6 Å². The molecule has 0 amide bonds. The number of rotatable bonds is 3. The van der Waals surface area contributed by atoms with Gasteiger partial charge in [-0.3, -0.25) is 4.18 Å². The number of likely N-dealkylation sites (N-methyl/N-ethyl adjacent to an activating group) is 1. The summed E-state index contributed by atoms with van der Waals surface area (Å²) in [6.45, 7) is 3.23. The van der Waals surface area contributed by atoms with Gasteiger partial charge in [0.25, 0.3) is 10.1 Å². The lowest BCUT2D eigenvalue weighted by atomic mass is 9.67. The first-order valence-electron chi connectivity index (χ1n) is 8.39. The molecule has 4 rings (SSSR count). The molecule has 0 saturated carbocycles. The van der Waals surface area contributed by atoms with Gasteiger partial charge in [-0.05, 0) is 37.1 Å². The SMILES string of the molecule is CN1C[C@@](C)(COS(C)(=O)=O)C[C@@H]2c3cccc4[nH]cc(c34)C[C@H]21. The number of aromatic amines is 1. The third-order valence-electron chi connectivity index (χ3n) is 5.64. The van der Waals surface area contributed by atoms with E-state index in [0.29, 0.717) is 12.0 Å². The lowest BCUT2D eigenvalue weighted by Gasteiger charge is -2.50. The molecule has 1 aliphatic carbocycles. The zero-order valence-corrected chi connectivity index (χ0v) is 15.2. The summed E-state index contributed by atoms with van der Waals surface area (Å²) in [6.07, 6.45) is 5.25. The van der Waals surface area contributed by atoms with Crippen LogP contribution in [0.4, 0.5) is 0 Å². The van der Waals surface area contributed by atoms with Gasteiger partial charge in [0.15, 0.2) is 0 Å². The molecule has 0 unspecified atom stereocenters. The smallest absolute Gasteiger partial charge is 0.264 e. The van der Waals surface area contributed by atoms with Crippen molar-refractivity contribution in [2.45, 2.75) is 31.7 Å². The van der Waals surface area contributed by atoms with Gasteiger partial charge in [0.1, 0.15) is 0 Å². The van der Waals surface area contributed by atoms with Crippen LogP contribution >= 0.6 is 0 Å². The second-order valence-corrected chi connectivity index (χ2v) is 9.50. The first-order chi connectivity index (χ1) is 11.3. The molecule has 24 heavy (non-hydrogen) atoms. The first-order valence-corrected chi connectivity index (χ1v) is 10.2. The lowest BCUT2D eigenvalue weighted by Crippen LogP contribution is -2.53. The summed E-state index contributed by atoms with van der Waals surface area (Å²) < 4.78 is 28.0. The molecule has 6 heteroatoms. The van der Waals surface area contributed by atoms with Crippen molar-refractivity contribution in [1.29, 1.82) is 0 Å². The van der Waals surface area contributed by atoms with E-state index in [2.05, 4.69) is 48.3 Å². The molecule has 0 radical (unpaired) electrons. The number of hydrogen-bond acceptors (Lipinski definition) is 4. The van der Waals surface area contributed by atoms with E-state index in [1.165, 1.54) is 22.0 Å². The molecule has 2 heterocycles. The zero-order chi connectivity index (χ0) is 17.1. The Balaban J connectivity index is 1.70. The molecule has 1 aromatic heterocycles. The van der Waals surface area contributed by atoms with Crippen LogP contribution in [0.1, 0.15) is 30.4 Å². The molecule has 0 spiro atoms. The number of aromatic nitrogens is 1. The summed E-state index contributed by atoms with van der Waals surface area (Å²) in [5.41, 5.74) is 3.81. The van der Waals surface area contributed by atoms with Gasteiger partial charge < -0.3 is 9.88 Å². The second-order valence-electron chi connectivity index (χ2n) is 7.86. The Kier molecular flexibility index (Phi) is 3.57. The molecular formula is C18H24N2O3S. The Hall–Kier alpha value is -1.37. The molecule has 130 valence electrons. The van der Waals surface area contributed by atoms with E-state index in [4.69, 9.17) is 4.18 Å². The number of fused-ring (bicyclic) bond motifs is 2. The van der Waals surface area contributed by atoms with Crippen LogP contribution < -0.4 is 0 Å². The standard InChI is InChI=1S/C18H24N2O3S/c1-18(11-23-24(3,21)22)8-14-13-5-4-6-15-17(13)12(9-19-15)7-16(14)20(2)10-18/h4-6,9,14,16,19H,7-8,10-11H2,1-3H3/t14-,16-,18+/m1/s1. The van der Waals surface area contributed by atoms with E-state index < -0.39 is 10.1 Å². The Morgan fingerprint density at radius 3 is 2.96 bits per heavy atom. The topological polar surface area (TPSA) is 62.4 Å². The van der Waals surface area contributed by atoms with Crippen LogP contribution in [0, 0.1) is 5.41 Å². The minimum Gasteiger partial charge on any atom is -0.361 e. The largest absolute Gasteiger partial charge is 0.361 e. The molecule has 1 N–H and O–H groups in total. The predicted molar refractivity (Wildman–Crippen MR) is 94.7 cm³/mol. The molecular weight excluding hydrogens is 324 g/mol. The van der Waals surface area contributed by atoms with E-state index in [1.54, 1.807) is 0 Å². The average Bonchev–Trinajstić information content (AvgIpc) is 2.91. The quantitative estimate of drug-likeness (QED) is 0.866. The van der Waals surface area contributed by atoms with Crippen LogP contribution in [0.2, 0.25) is 0 Å². The van der Waals surface area contributed by atoms with Crippen molar-refractivity contribution in [1.82, 2.24) is 9.88 Å². The highest BCUT2D eigenvalue weighted by atomic mass is 32.2. The van der Waals surface area contributed by atoms with Crippen molar-refractivity contribution in [3.8, 4) is 0 Å². The maximum absolute atomic E-state index is 11.4. The molecule has 5 nitrogen and oxygen atoms in total. The fraction of sp³-hybridized carbons (Fsp3) is 0.556. The van der Waals surface area contributed by atoms with Crippen molar-refractivity contribution in [2.24, 2.45) is 5.41 Å². The van der Waals surface area contributed by atoms with Gasteiger partial charge in [-0.15, -0.1) is 0 Å². The highest BCUT2D eigenvalue weighted by Gasteiger charge is 2.44. The number of piperidine rings is 1. The first kappa shape index (κ1) is 16.1. The molecule has 1 fully saturated rings. The molecule has 1 aromatic carbocycles. The van der Waals surface area contributed by atoms with Crippen molar-refractivity contribution >= 4 is 21.0 Å². The summed E-state index contributed by atoms with van der Waals surface area (Å²) in [4.78, 5) is 5.77. The minimum atomic E-state index is -3.41. The Morgan fingerprint density at radius 2 is 2.21 bits per heavy atom. The summed E-state index contributed by atoms with van der Waals surface area (Å²) in [5.74, 6) is 0.406. The van der Waals surface area contributed by atoms with E-state index in [9.17, 15) is 8.42 Å². The molecule has 0 bridgehead atoms. The lowest BCUT2D eigenvalue weighted by molar-refractivity contribution is 0.0224. The molecule has 2 aromatic rings. The van der Waals surface area contributed by atoms with Crippen LogP contribution in [0.15, 0.2) is 24.4 Å². The van der Waals surface area contributed by atoms with Gasteiger partial charge in [-0.1, -0.05) is 19.1 Å². The number of benzene rings is 1. The Morgan fingerprint density at radius 1 is 1.42 bits per heavy atom. The normalized spacial score (nSPS) is 30.5. The van der Waals surface area contributed by atoms with E-state index >= 15 is 0 Å². The van der Waals surface area contributed by atoms with Crippen LogP contribution in [-0.4, -0.2) is 50.8 Å².